The molecule has 21 heavy (non-hydrogen) atoms. The summed E-state index contributed by atoms with van der Waals surface area (Å²) >= 11 is 0. The van der Waals surface area contributed by atoms with Crippen LogP contribution in [0.4, 0.5) is 4.39 Å². The Labute approximate surface area is 125 Å². The van der Waals surface area contributed by atoms with E-state index in [1.165, 1.54) is 6.07 Å². The largest absolute Gasteiger partial charge is 0.383 e. The third-order valence-electron chi connectivity index (χ3n) is 3.92. The van der Waals surface area contributed by atoms with E-state index in [0.29, 0.717) is 13.2 Å². The fourth-order valence-corrected chi connectivity index (χ4v) is 2.56. The van der Waals surface area contributed by atoms with Crippen molar-refractivity contribution in [1.82, 2.24) is 10.6 Å². The molecular weight excluding hydrogens is 269 g/mol. The molecule has 0 amide bonds. The number of nitrogens with zero attached hydrogens (tertiary/aromatic N) is 1. The molecule has 2 rings (SSSR count). The molecule has 0 aromatic heterocycles. The molecule has 0 bridgehead atoms. The van der Waals surface area contributed by atoms with Crippen molar-refractivity contribution in [3.8, 4) is 0 Å². The Hall–Kier alpha value is -1.62. The third kappa shape index (κ3) is 3.94. The van der Waals surface area contributed by atoms with Gasteiger partial charge in [-0.3, -0.25) is 4.99 Å². The van der Waals surface area contributed by atoms with E-state index in [1.54, 1.807) is 20.2 Å². The van der Waals surface area contributed by atoms with Crippen molar-refractivity contribution in [2.75, 3.05) is 27.3 Å². The Balaban J connectivity index is 1.94. The Kier molecular flexibility index (Phi) is 5.17. The van der Waals surface area contributed by atoms with Gasteiger partial charge in [0.25, 0.3) is 0 Å². The summed E-state index contributed by atoms with van der Waals surface area (Å²) in [6.07, 6.45) is 2.01. The van der Waals surface area contributed by atoms with Crippen molar-refractivity contribution in [1.29, 1.82) is 0 Å². The topological polar surface area (TPSA) is 45.7 Å². The van der Waals surface area contributed by atoms with Crippen LogP contribution < -0.4 is 10.6 Å². The molecule has 0 aliphatic heterocycles. The van der Waals surface area contributed by atoms with E-state index in [4.69, 9.17) is 4.74 Å². The highest BCUT2D eigenvalue weighted by Crippen LogP contribution is 2.48. The number of methoxy groups -OCH3 is 1. The fourth-order valence-electron chi connectivity index (χ4n) is 2.56. The number of guanidine groups is 1. The van der Waals surface area contributed by atoms with Crippen LogP contribution >= 0.6 is 0 Å². The zero-order chi connectivity index (χ0) is 15.3. The lowest BCUT2D eigenvalue weighted by atomic mass is 9.95. The van der Waals surface area contributed by atoms with Crippen LogP contribution in [0.3, 0.4) is 0 Å². The first-order chi connectivity index (χ1) is 10.1. The van der Waals surface area contributed by atoms with Gasteiger partial charge in [0, 0.05) is 32.2 Å². The van der Waals surface area contributed by atoms with Crippen LogP contribution in [0.2, 0.25) is 0 Å². The highest BCUT2D eigenvalue weighted by atomic mass is 19.1. The number of hydrogen-bond acceptors (Lipinski definition) is 2. The van der Waals surface area contributed by atoms with Gasteiger partial charge in [0.2, 0.25) is 0 Å². The summed E-state index contributed by atoms with van der Waals surface area (Å²) in [5.41, 5.74) is 0.714. The van der Waals surface area contributed by atoms with E-state index in [9.17, 15) is 4.39 Å². The predicted octanol–water partition coefficient (Wildman–Crippen LogP) is 2.06. The number of rotatable bonds is 6. The number of nitrogens with one attached hydrogen (secondary N) is 2. The normalized spacial score (nSPS) is 18.2. The Morgan fingerprint density at radius 3 is 2.71 bits per heavy atom. The lowest BCUT2D eigenvalue weighted by Crippen LogP contribution is -2.46. The molecule has 1 aliphatic carbocycles. The van der Waals surface area contributed by atoms with Crippen LogP contribution in [0.5, 0.6) is 0 Å². The molecule has 1 aromatic rings. The summed E-state index contributed by atoms with van der Waals surface area (Å²) in [7, 11) is 3.41. The molecule has 0 spiro atoms. The Bertz CT molecular complexity index is 500. The molecule has 2 N–H and O–H groups in total. The highest BCUT2D eigenvalue weighted by Gasteiger charge is 2.45. The maximum Gasteiger partial charge on any atom is 0.191 e. The number of ether oxygens (including phenoxy) is 1. The number of halogens is 1. The molecule has 116 valence electrons. The van der Waals surface area contributed by atoms with Crippen molar-refractivity contribution >= 4 is 5.96 Å². The van der Waals surface area contributed by atoms with Gasteiger partial charge in [0.15, 0.2) is 5.96 Å². The number of benzene rings is 1. The molecule has 0 heterocycles. The van der Waals surface area contributed by atoms with E-state index < -0.39 is 0 Å². The quantitative estimate of drug-likeness (QED) is 0.623. The molecule has 4 nitrogen and oxygen atoms in total. The second-order valence-corrected chi connectivity index (χ2v) is 5.69. The van der Waals surface area contributed by atoms with Crippen LogP contribution in [0.25, 0.3) is 0 Å². The average Bonchev–Trinajstić information content (AvgIpc) is 3.25. The van der Waals surface area contributed by atoms with Crippen LogP contribution in [0, 0.1) is 5.82 Å². The molecular formula is C16H24FN3O. The first kappa shape index (κ1) is 15.8. The molecule has 1 atom stereocenters. The van der Waals surface area contributed by atoms with E-state index in [-0.39, 0.29) is 17.3 Å². The van der Waals surface area contributed by atoms with Crippen LogP contribution in [0.15, 0.2) is 29.3 Å². The van der Waals surface area contributed by atoms with Crippen LogP contribution in [0.1, 0.15) is 25.3 Å². The van der Waals surface area contributed by atoms with Crippen LogP contribution in [-0.4, -0.2) is 39.3 Å². The molecule has 1 aromatic carbocycles. The standard InChI is InChI=1S/C16H24FN3O/c1-12(10-21-3)20-15(18-2)19-11-16(8-9-16)13-6-4-5-7-14(13)17/h4-7,12H,8-11H2,1-3H3,(H2,18,19,20). The summed E-state index contributed by atoms with van der Waals surface area (Å²) in [5.74, 6) is 0.606. The van der Waals surface area contributed by atoms with Crippen molar-refractivity contribution < 1.29 is 9.13 Å². The van der Waals surface area contributed by atoms with Gasteiger partial charge in [0.05, 0.1) is 6.61 Å². The molecule has 1 fully saturated rings. The minimum absolute atomic E-state index is 0.0898. The monoisotopic (exact) mass is 293 g/mol. The van der Waals surface area contributed by atoms with Crippen molar-refractivity contribution in [3.05, 3.63) is 35.6 Å². The molecule has 1 saturated carbocycles. The van der Waals surface area contributed by atoms with Gasteiger partial charge < -0.3 is 15.4 Å². The van der Waals surface area contributed by atoms with Gasteiger partial charge >= 0.3 is 0 Å². The maximum absolute atomic E-state index is 14.0. The first-order valence-electron chi connectivity index (χ1n) is 7.32. The molecule has 5 heteroatoms. The van der Waals surface area contributed by atoms with E-state index in [1.807, 2.05) is 19.1 Å². The highest BCUT2D eigenvalue weighted by molar-refractivity contribution is 5.80. The minimum atomic E-state index is -0.118. The van der Waals surface area contributed by atoms with Crippen LogP contribution in [-0.2, 0) is 10.2 Å². The molecule has 0 radical (unpaired) electrons. The second kappa shape index (κ2) is 6.89. The van der Waals surface area contributed by atoms with E-state index >= 15 is 0 Å². The Morgan fingerprint density at radius 1 is 1.43 bits per heavy atom. The lowest BCUT2D eigenvalue weighted by molar-refractivity contribution is 0.179. The number of aliphatic imine (C=N–C) groups is 1. The summed E-state index contributed by atoms with van der Waals surface area (Å²) < 4.78 is 19.0. The zero-order valence-electron chi connectivity index (χ0n) is 12.9. The Morgan fingerprint density at radius 2 is 2.14 bits per heavy atom. The first-order valence-corrected chi connectivity index (χ1v) is 7.32. The predicted molar refractivity (Wildman–Crippen MR) is 83.1 cm³/mol. The van der Waals surface area contributed by atoms with Crippen molar-refractivity contribution in [3.63, 3.8) is 0 Å². The van der Waals surface area contributed by atoms with Gasteiger partial charge in [-0.05, 0) is 31.4 Å². The lowest BCUT2D eigenvalue weighted by Gasteiger charge is -2.21. The molecule has 0 saturated heterocycles. The third-order valence-corrected chi connectivity index (χ3v) is 3.92. The van der Waals surface area contributed by atoms with Gasteiger partial charge in [-0.15, -0.1) is 0 Å². The van der Waals surface area contributed by atoms with E-state index in [0.717, 1.165) is 24.4 Å². The van der Waals surface area contributed by atoms with Gasteiger partial charge in [-0.1, -0.05) is 18.2 Å². The van der Waals surface area contributed by atoms with E-state index in [2.05, 4.69) is 15.6 Å². The number of hydrogen-bond donors (Lipinski definition) is 2. The summed E-state index contributed by atoms with van der Waals surface area (Å²) in [6, 6.07) is 7.21. The second-order valence-electron chi connectivity index (χ2n) is 5.69. The minimum Gasteiger partial charge on any atom is -0.383 e. The average molecular weight is 293 g/mol. The van der Waals surface area contributed by atoms with Gasteiger partial charge in [0.1, 0.15) is 5.82 Å². The van der Waals surface area contributed by atoms with Gasteiger partial charge in [-0.25, -0.2) is 4.39 Å². The zero-order valence-corrected chi connectivity index (χ0v) is 12.9. The van der Waals surface area contributed by atoms with Crippen molar-refractivity contribution in [2.45, 2.75) is 31.2 Å². The summed E-state index contributed by atoms with van der Waals surface area (Å²) in [6.45, 7) is 3.33. The maximum atomic E-state index is 14.0. The molecule has 1 aliphatic rings. The smallest absolute Gasteiger partial charge is 0.191 e. The summed E-state index contributed by atoms with van der Waals surface area (Å²) in [4.78, 5) is 4.20. The molecule has 1 unspecified atom stereocenters. The van der Waals surface area contributed by atoms with Crippen molar-refractivity contribution in [2.24, 2.45) is 4.99 Å². The summed E-state index contributed by atoms with van der Waals surface area (Å²) in [5, 5.41) is 6.56. The fraction of sp³-hybridized carbons (Fsp3) is 0.562. The SMILES string of the molecule is CN=C(NCC1(c2ccccc2F)CC1)NC(C)COC. The van der Waals surface area contributed by atoms with Gasteiger partial charge in [-0.2, -0.15) is 0 Å².